The number of carbonyl (C=O) groups excluding carboxylic acids is 1. The molecule has 0 amide bonds. The molecule has 0 aromatic carbocycles. The molecule has 0 saturated heterocycles. The third-order valence-electron chi connectivity index (χ3n) is 1.06. The van der Waals surface area contributed by atoms with Gasteiger partial charge in [0.1, 0.15) is 0 Å². The fourth-order valence-corrected chi connectivity index (χ4v) is 0.531. The molecule has 0 bridgehead atoms. The van der Waals surface area contributed by atoms with Crippen LogP contribution in [0.2, 0.25) is 0 Å². The summed E-state index contributed by atoms with van der Waals surface area (Å²) in [4.78, 5) is 10.6. The van der Waals surface area contributed by atoms with Crippen LogP contribution >= 0.6 is 0 Å². The highest BCUT2D eigenvalue weighted by Crippen LogP contribution is 1.98. The molecule has 3 nitrogen and oxygen atoms in total. The zero-order chi connectivity index (χ0) is 9.40. The minimum Gasteiger partial charge on any atom is -0.462 e. The summed E-state index contributed by atoms with van der Waals surface area (Å²) in [6.45, 7) is 5.32. The molecular formula is C8H13FO3. The van der Waals surface area contributed by atoms with Gasteiger partial charge in [-0.2, -0.15) is 0 Å². The first-order chi connectivity index (χ1) is 5.72. The van der Waals surface area contributed by atoms with Crippen molar-refractivity contribution in [2.75, 3.05) is 13.2 Å². The van der Waals surface area contributed by atoms with E-state index >= 15 is 0 Å². The summed E-state index contributed by atoms with van der Waals surface area (Å²) in [6.07, 6.45) is 0.127. The predicted molar refractivity (Wildman–Crippen MR) is 42.3 cm³/mol. The average Bonchev–Trinajstić information content (AvgIpc) is 2.05. The van der Waals surface area contributed by atoms with Gasteiger partial charge in [0.2, 0.25) is 0 Å². The van der Waals surface area contributed by atoms with Gasteiger partial charge < -0.3 is 9.47 Å². The molecule has 0 aliphatic heterocycles. The van der Waals surface area contributed by atoms with Crippen molar-refractivity contribution in [3.63, 3.8) is 0 Å². The van der Waals surface area contributed by atoms with Gasteiger partial charge in [-0.05, 0) is 13.3 Å². The number of halogens is 1. The van der Waals surface area contributed by atoms with Gasteiger partial charge in [0.05, 0.1) is 13.2 Å². The molecule has 0 radical (unpaired) electrons. The average molecular weight is 176 g/mol. The lowest BCUT2D eigenvalue weighted by molar-refractivity contribution is -0.169. The molecule has 0 aromatic rings. The Labute approximate surface area is 71.2 Å². The molecule has 0 fully saturated rings. The van der Waals surface area contributed by atoms with Crippen molar-refractivity contribution in [1.82, 2.24) is 0 Å². The fraction of sp³-hybridized carbons (Fsp3) is 0.625. The molecule has 0 rings (SSSR count). The van der Waals surface area contributed by atoms with Crippen LogP contribution in [0.4, 0.5) is 4.39 Å². The largest absolute Gasteiger partial charge is 0.462 e. The Kier molecular flexibility index (Phi) is 6.28. The molecule has 12 heavy (non-hydrogen) atoms. The van der Waals surface area contributed by atoms with Crippen LogP contribution in [0.1, 0.15) is 13.3 Å². The van der Waals surface area contributed by atoms with E-state index in [1.165, 1.54) is 0 Å². The second-order valence-electron chi connectivity index (χ2n) is 2.02. The standard InChI is InChI=1S/C8H13FO3/c1-3-5-6-12-7(9)8(10)11-4-2/h3,7H,1,4-6H2,2H3. The van der Waals surface area contributed by atoms with Crippen LogP contribution in [0.15, 0.2) is 12.7 Å². The summed E-state index contributed by atoms with van der Waals surface area (Å²) in [5.74, 6) is -0.971. The van der Waals surface area contributed by atoms with Gasteiger partial charge in [0.25, 0.3) is 6.36 Å². The number of hydrogen-bond donors (Lipinski definition) is 0. The topological polar surface area (TPSA) is 35.5 Å². The first-order valence-corrected chi connectivity index (χ1v) is 3.75. The van der Waals surface area contributed by atoms with E-state index in [0.29, 0.717) is 6.42 Å². The molecule has 0 saturated carbocycles. The summed E-state index contributed by atoms with van der Waals surface area (Å²) in [5.41, 5.74) is 0. The maximum atomic E-state index is 12.6. The Morgan fingerprint density at radius 1 is 1.75 bits per heavy atom. The quantitative estimate of drug-likeness (QED) is 0.349. The Hall–Kier alpha value is -0.900. The Bertz CT molecular complexity index is 147. The van der Waals surface area contributed by atoms with Crippen molar-refractivity contribution in [3.8, 4) is 0 Å². The lowest BCUT2D eigenvalue weighted by Crippen LogP contribution is -2.22. The fourth-order valence-electron chi connectivity index (χ4n) is 0.531. The summed E-state index contributed by atoms with van der Waals surface area (Å²) < 4.78 is 21.4. The Morgan fingerprint density at radius 3 is 2.92 bits per heavy atom. The van der Waals surface area contributed by atoms with Crippen LogP contribution < -0.4 is 0 Å². The predicted octanol–water partition coefficient (Wildman–Crippen LogP) is 1.44. The number of hydrogen-bond acceptors (Lipinski definition) is 3. The second-order valence-corrected chi connectivity index (χ2v) is 2.02. The molecule has 0 heterocycles. The number of rotatable bonds is 6. The second kappa shape index (κ2) is 6.79. The minimum absolute atomic E-state index is 0.142. The summed E-state index contributed by atoms with van der Waals surface area (Å²) in [5, 5.41) is 0. The molecule has 1 atom stereocenters. The maximum Gasteiger partial charge on any atom is 0.368 e. The van der Waals surface area contributed by atoms with E-state index in [0.717, 1.165) is 0 Å². The van der Waals surface area contributed by atoms with Crippen LogP contribution in [0, 0.1) is 0 Å². The third-order valence-corrected chi connectivity index (χ3v) is 1.06. The van der Waals surface area contributed by atoms with E-state index in [1.54, 1.807) is 13.0 Å². The van der Waals surface area contributed by atoms with Crippen LogP contribution in [0.25, 0.3) is 0 Å². The van der Waals surface area contributed by atoms with Crippen LogP contribution in [0.3, 0.4) is 0 Å². The zero-order valence-electron chi connectivity index (χ0n) is 7.09. The molecule has 70 valence electrons. The van der Waals surface area contributed by atoms with E-state index in [-0.39, 0.29) is 13.2 Å². The van der Waals surface area contributed by atoms with E-state index in [1.807, 2.05) is 0 Å². The lowest BCUT2D eigenvalue weighted by atomic mass is 10.4. The highest BCUT2D eigenvalue weighted by Gasteiger charge is 2.17. The van der Waals surface area contributed by atoms with Gasteiger partial charge in [0.15, 0.2) is 0 Å². The van der Waals surface area contributed by atoms with Gasteiger partial charge in [-0.1, -0.05) is 6.08 Å². The molecule has 0 aliphatic carbocycles. The van der Waals surface area contributed by atoms with Gasteiger partial charge in [0, 0.05) is 0 Å². The number of ether oxygens (including phenoxy) is 2. The van der Waals surface area contributed by atoms with E-state index in [4.69, 9.17) is 0 Å². The normalized spacial score (nSPS) is 12.2. The smallest absolute Gasteiger partial charge is 0.368 e. The molecule has 0 aromatic heterocycles. The van der Waals surface area contributed by atoms with Crippen molar-refractivity contribution >= 4 is 5.97 Å². The molecular weight excluding hydrogens is 163 g/mol. The number of carbonyl (C=O) groups is 1. The molecule has 0 spiro atoms. The van der Waals surface area contributed by atoms with Gasteiger partial charge in [-0.25, -0.2) is 9.18 Å². The monoisotopic (exact) mass is 176 g/mol. The van der Waals surface area contributed by atoms with Crippen LogP contribution in [-0.2, 0) is 14.3 Å². The first-order valence-electron chi connectivity index (χ1n) is 3.75. The highest BCUT2D eigenvalue weighted by atomic mass is 19.1. The first kappa shape index (κ1) is 11.1. The molecule has 4 heteroatoms. The summed E-state index contributed by atoms with van der Waals surface area (Å²) in [7, 11) is 0. The van der Waals surface area contributed by atoms with Crippen molar-refractivity contribution in [3.05, 3.63) is 12.7 Å². The third kappa shape index (κ3) is 4.85. The van der Waals surface area contributed by atoms with Gasteiger partial charge in [-0.3, -0.25) is 0 Å². The number of alkyl halides is 1. The van der Waals surface area contributed by atoms with E-state index < -0.39 is 12.3 Å². The summed E-state index contributed by atoms with van der Waals surface area (Å²) in [6, 6.07) is 0. The Balaban J connectivity index is 3.49. The van der Waals surface area contributed by atoms with Gasteiger partial charge in [-0.15, -0.1) is 6.58 Å². The summed E-state index contributed by atoms with van der Waals surface area (Å²) >= 11 is 0. The molecule has 1 unspecified atom stereocenters. The van der Waals surface area contributed by atoms with Crippen LogP contribution in [-0.4, -0.2) is 25.5 Å². The molecule has 0 N–H and O–H groups in total. The Morgan fingerprint density at radius 2 is 2.42 bits per heavy atom. The minimum atomic E-state index is -1.97. The number of esters is 1. The van der Waals surface area contributed by atoms with Crippen molar-refractivity contribution in [2.24, 2.45) is 0 Å². The highest BCUT2D eigenvalue weighted by molar-refractivity contribution is 5.72. The van der Waals surface area contributed by atoms with Crippen molar-refractivity contribution < 1.29 is 18.7 Å². The SMILES string of the molecule is C=CCCOC(F)C(=O)OCC. The lowest BCUT2D eigenvalue weighted by Gasteiger charge is -2.07. The van der Waals surface area contributed by atoms with Crippen molar-refractivity contribution in [1.29, 1.82) is 0 Å². The van der Waals surface area contributed by atoms with Crippen molar-refractivity contribution in [2.45, 2.75) is 19.7 Å². The van der Waals surface area contributed by atoms with Gasteiger partial charge >= 0.3 is 5.97 Å². The van der Waals surface area contributed by atoms with E-state index in [9.17, 15) is 9.18 Å². The van der Waals surface area contributed by atoms with Crippen LogP contribution in [0.5, 0.6) is 0 Å². The van der Waals surface area contributed by atoms with E-state index in [2.05, 4.69) is 16.1 Å². The zero-order valence-corrected chi connectivity index (χ0v) is 7.09. The molecule has 0 aliphatic rings. The maximum absolute atomic E-state index is 12.6.